The van der Waals surface area contributed by atoms with Crippen LogP contribution in [-0.2, 0) is 28.6 Å². The van der Waals surface area contributed by atoms with Gasteiger partial charge in [-0.2, -0.15) is 52.7 Å². The highest BCUT2D eigenvalue weighted by molar-refractivity contribution is 5.83. The monoisotopic (exact) mass is 841 g/mol. The molecule has 56 heavy (non-hydrogen) atoms. The second-order valence-electron chi connectivity index (χ2n) is 17.1. The minimum absolute atomic E-state index is 0.0638. The lowest BCUT2D eigenvalue weighted by atomic mass is 9.66. The molecule has 0 saturated heterocycles. The van der Waals surface area contributed by atoms with Crippen LogP contribution in [0.1, 0.15) is 121 Å². The summed E-state index contributed by atoms with van der Waals surface area (Å²) in [5.41, 5.74) is -16.0. The van der Waals surface area contributed by atoms with Crippen LogP contribution in [0.15, 0.2) is 0 Å². The Bertz CT molecular complexity index is 1350. The molecule has 330 valence electrons. The summed E-state index contributed by atoms with van der Waals surface area (Å²) in [4.78, 5) is 41.1. The van der Waals surface area contributed by atoms with E-state index in [1.54, 1.807) is 27.7 Å². The van der Waals surface area contributed by atoms with E-state index >= 15 is 13.2 Å². The van der Waals surface area contributed by atoms with Crippen LogP contribution in [0.2, 0.25) is 0 Å². The van der Waals surface area contributed by atoms with E-state index in [2.05, 4.69) is 5.32 Å². The average molecular weight is 842 g/mol. The molecule has 0 aliphatic heterocycles. The number of alkyl halides is 12. The zero-order valence-electron chi connectivity index (χ0n) is 33.2. The van der Waals surface area contributed by atoms with Gasteiger partial charge in [0.2, 0.25) is 0 Å². The number of aliphatic hydroxyl groups is 1. The van der Waals surface area contributed by atoms with Crippen LogP contribution < -0.4 is 5.32 Å². The molecule has 1 rings (SSSR count). The summed E-state index contributed by atoms with van der Waals surface area (Å²) in [6, 6.07) is 0. The molecule has 5 atom stereocenters. The van der Waals surface area contributed by atoms with Crippen LogP contribution in [0.3, 0.4) is 0 Å². The van der Waals surface area contributed by atoms with Crippen molar-refractivity contribution in [3.63, 3.8) is 0 Å². The van der Waals surface area contributed by atoms with Gasteiger partial charge in [-0.3, -0.25) is 14.4 Å². The molecule has 0 aromatic carbocycles. The topological polar surface area (TPSA) is 111 Å². The van der Waals surface area contributed by atoms with Crippen molar-refractivity contribution in [2.24, 2.45) is 28.6 Å². The summed E-state index contributed by atoms with van der Waals surface area (Å²) in [6.07, 6.45) is -28.7. The molecule has 1 aliphatic carbocycles. The molecule has 5 unspecified atom stereocenters. The van der Waals surface area contributed by atoms with E-state index in [1.807, 2.05) is 0 Å². The number of carbonyl (C=O) groups is 3. The predicted octanol–water partition coefficient (Wildman–Crippen LogP) is 9.56. The molecular weight excluding hydrogens is 786 g/mol. The number of ether oxygens (including phenoxy) is 3. The molecule has 1 saturated carbocycles. The maximum atomic E-state index is 15.4. The largest absolute Gasteiger partial charge is 0.463 e. The summed E-state index contributed by atoms with van der Waals surface area (Å²) < 4.78 is 185. The molecule has 1 aliphatic rings. The Kier molecular flexibility index (Phi) is 16.0. The fourth-order valence-electron chi connectivity index (χ4n) is 6.56. The number of halogens is 12. The van der Waals surface area contributed by atoms with Gasteiger partial charge in [0.05, 0.1) is 23.8 Å². The van der Waals surface area contributed by atoms with E-state index in [9.17, 15) is 59.0 Å². The number of rotatable bonds is 18. The summed E-state index contributed by atoms with van der Waals surface area (Å²) in [7, 11) is 0. The molecule has 0 heterocycles. The van der Waals surface area contributed by atoms with E-state index in [4.69, 9.17) is 14.2 Å². The van der Waals surface area contributed by atoms with Gasteiger partial charge in [-0.15, -0.1) is 0 Å². The van der Waals surface area contributed by atoms with E-state index in [0.717, 1.165) is 13.8 Å². The minimum atomic E-state index is -5.86. The van der Waals surface area contributed by atoms with Gasteiger partial charge in [0, 0.05) is 12.0 Å². The predicted molar refractivity (Wildman–Crippen MR) is 178 cm³/mol. The smallest absolute Gasteiger partial charge is 0.417 e. The molecule has 0 radical (unpaired) electrons. The maximum Gasteiger partial charge on any atom is 0.417 e. The standard InChI is InChI=1S/C36H55F12NO7/c1-11-32(36(46,47)48,26(52)56-31(14-12-13-15-31)17-23(34(40,41)42)30(10,53)35(43,44)45)18-29(9,16-22(4)24(50)55-28(7,8)21(2)3)25(51)54-20-27(5,6)49-19-33(37,38)39/h21-23,49,53H,11-20H2,1-10H3. The van der Waals surface area contributed by atoms with Gasteiger partial charge in [-0.25, -0.2) is 0 Å². The number of nitrogens with one attached hydrogen (secondary N) is 1. The molecule has 0 bridgehead atoms. The Hall–Kier alpha value is -2.51. The first-order valence-electron chi connectivity index (χ1n) is 18.1. The summed E-state index contributed by atoms with van der Waals surface area (Å²) in [6.45, 7) is 9.28. The summed E-state index contributed by atoms with van der Waals surface area (Å²) >= 11 is 0. The minimum Gasteiger partial charge on any atom is -0.463 e. The van der Waals surface area contributed by atoms with Gasteiger partial charge in [0.1, 0.15) is 17.8 Å². The third kappa shape index (κ3) is 13.0. The molecule has 1 fully saturated rings. The molecule has 0 spiro atoms. The van der Waals surface area contributed by atoms with Crippen LogP contribution in [0.25, 0.3) is 0 Å². The molecule has 0 aromatic rings. The molecule has 20 heteroatoms. The van der Waals surface area contributed by atoms with Crippen molar-refractivity contribution < 1.29 is 86.4 Å². The van der Waals surface area contributed by atoms with Crippen LogP contribution in [0, 0.1) is 28.6 Å². The van der Waals surface area contributed by atoms with E-state index in [0.29, 0.717) is 0 Å². The number of esters is 3. The Morgan fingerprint density at radius 3 is 1.68 bits per heavy atom. The van der Waals surface area contributed by atoms with E-state index in [1.165, 1.54) is 20.8 Å². The molecular formula is C36H55F12NO7. The van der Waals surface area contributed by atoms with Crippen molar-refractivity contribution >= 4 is 17.9 Å². The molecule has 0 aromatic heterocycles. The second-order valence-corrected chi connectivity index (χ2v) is 17.1. The first-order valence-corrected chi connectivity index (χ1v) is 18.1. The number of hydrogen-bond acceptors (Lipinski definition) is 8. The first-order chi connectivity index (χ1) is 24.7. The number of carbonyl (C=O) groups excluding carboxylic acids is 3. The highest BCUT2D eigenvalue weighted by atomic mass is 19.4. The highest BCUT2D eigenvalue weighted by Gasteiger charge is 2.68. The quantitative estimate of drug-likeness (QED) is 0.0798. The van der Waals surface area contributed by atoms with Gasteiger partial charge in [0.25, 0.3) is 0 Å². The Labute approximate surface area is 319 Å². The normalized spacial score (nSPS) is 20.4. The van der Waals surface area contributed by atoms with Crippen LogP contribution in [-0.4, -0.2) is 83.2 Å². The van der Waals surface area contributed by atoms with Gasteiger partial charge >= 0.3 is 42.6 Å². The van der Waals surface area contributed by atoms with Crippen molar-refractivity contribution in [3.05, 3.63) is 0 Å². The molecule has 8 nitrogen and oxygen atoms in total. The SMILES string of the molecule is CCC(CC(C)(CC(C)C(=O)OC(C)(C)C(C)C)C(=O)OCC(C)(C)NCC(F)(F)F)(C(=O)OC1(CC(C(F)(F)F)C(C)(O)C(F)(F)F)CCCC1)C(F)(F)F. The van der Waals surface area contributed by atoms with Crippen molar-refractivity contribution in [1.29, 1.82) is 0 Å². The lowest BCUT2D eigenvalue weighted by Gasteiger charge is -2.44. The lowest BCUT2D eigenvalue weighted by molar-refractivity contribution is -0.326. The van der Waals surface area contributed by atoms with E-state index in [-0.39, 0.29) is 25.7 Å². The average Bonchev–Trinajstić information content (AvgIpc) is 3.46. The van der Waals surface area contributed by atoms with E-state index < -0.39 is 139 Å². The summed E-state index contributed by atoms with van der Waals surface area (Å²) in [5, 5.41) is 12.2. The van der Waals surface area contributed by atoms with Crippen molar-refractivity contribution in [1.82, 2.24) is 5.32 Å². The second kappa shape index (κ2) is 17.4. The zero-order valence-corrected chi connectivity index (χ0v) is 33.2. The zero-order chi connectivity index (χ0) is 44.4. The summed E-state index contributed by atoms with van der Waals surface area (Å²) in [5.74, 6) is -9.99. The molecule has 2 N–H and O–H groups in total. The van der Waals surface area contributed by atoms with Crippen molar-refractivity contribution in [2.45, 2.75) is 168 Å². The first kappa shape index (κ1) is 51.5. The van der Waals surface area contributed by atoms with Gasteiger partial charge in [0.15, 0.2) is 11.0 Å². The van der Waals surface area contributed by atoms with Crippen molar-refractivity contribution in [3.8, 4) is 0 Å². The molecule has 0 amide bonds. The van der Waals surface area contributed by atoms with Crippen molar-refractivity contribution in [2.75, 3.05) is 13.2 Å². The maximum absolute atomic E-state index is 15.4. The van der Waals surface area contributed by atoms with Gasteiger partial charge in [-0.1, -0.05) is 27.7 Å². The third-order valence-electron chi connectivity index (χ3n) is 11.0. The van der Waals surface area contributed by atoms with Gasteiger partial charge in [-0.05, 0) is 92.4 Å². The number of hydrogen-bond donors (Lipinski definition) is 2. The highest BCUT2D eigenvalue weighted by Crippen LogP contribution is 2.55. The van der Waals surface area contributed by atoms with Crippen LogP contribution in [0.4, 0.5) is 52.7 Å². The van der Waals surface area contributed by atoms with Crippen LogP contribution in [0.5, 0.6) is 0 Å². The van der Waals surface area contributed by atoms with Gasteiger partial charge < -0.3 is 24.6 Å². The Morgan fingerprint density at radius 1 is 0.786 bits per heavy atom. The third-order valence-corrected chi connectivity index (χ3v) is 11.0. The fourth-order valence-corrected chi connectivity index (χ4v) is 6.56. The Morgan fingerprint density at radius 2 is 1.29 bits per heavy atom. The Balaban J connectivity index is 3.83. The van der Waals surface area contributed by atoms with Crippen LogP contribution >= 0.6 is 0 Å². The fraction of sp³-hybridized carbons (Fsp3) is 0.917. The lowest BCUT2D eigenvalue weighted by Crippen LogP contribution is -2.57.